The van der Waals surface area contributed by atoms with Crippen molar-refractivity contribution in [2.45, 2.75) is 425 Å². The van der Waals surface area contributed by atoms with Gasteiger partial charge in [0.2, 0.25) is 0 Å². The molecule has 0 N–H and O–H groups in total. The van der Waals surface area contributed by atoms with Crippen molar-refractivity contribution >= 4 is 17.9 Å². The summed E-state index contributed by atoms with van der Waals surface area (Å²) in [4.78, 5) is 38.3. The molecule has 478 valence electrons. The molecular weight excluding hydrogens is 997 g/mol. The lowest BCUT2D eigenvalue weighted by Gasteiger charge is -2.18. The van der Waals surface area contributed by atoms with Crippen LogP contribution in [0.15, 0.2) is 24.3 Å². The van der Waals surface area contributed by atoms with Gasteiger partial charge in [0.15, 0.2) is 6.10 Å². The zero-order valence-electron chi connectivity index (χ0n) is 55.1. The summed E-state index contributed by atoms with van der Waals surface area (Å²) < 4.78 is 16.9. The lowest BCUT2D eigenvalue weighted by molar-refractivity contribution is -0.167. The highest BCUT2D eigenvalue weighted by Crippen LogP contribution is 2.19. The highest BCUT2D eigenvalue weighted by Gasteiger charge is 2.19. The minimum Gasteiger partial charge on any atom is -0.462 e. The van der Waals surface area contributed by atoms with Crippen LogP contribution in [-0.4, -0.2) is 37.2 Å². The van der Waals surface area contributed by atoms with Crippen molar-refractivity contribution in [3.05, 3.63) is 24.3 Å². The Morgan fingerprint density at radius 1 is 0.235 bits per heavy atom. The van der Waals surface area contributed by atoms with Crippen LogP contribution in [-0.2, 0) is 28.6 Å². The number of esters is 3. The van der Waals surface area contributed by atoms with E-state index in [1.54, 1.807) is 0 Å². The smallest absolute Gasteiger partial charge is 0.306 e. The first-order valence-electron chi connectivity index (χ1n) is 36.8. The van der Waals surface area contributed by atoms with E-state index in [9.17, 15) is 14.4 Å². The maximum absolute atomic E-state index is 12.9. The minimum absolute atomic E-state index is 0.0709. The first-order chi connectivity index (χ1) is 40.0. The van der Waals surface area contributed by atoms with E-state index in [-0.39, 0.29) is 31.1 Å². The van der Waals surface area contributed by atoms with E-state index in [0.29, 0.717) is 19.3 Å². The van der Waals surface area contributed by atoms with Crippen molar-refractivity contribution in [1.82, 2.24) is 0 Å². The number of rotatable bonds is 69. The van der Waals surface area contributed by atoms with E-state index >= 15 is 0 Å². The number of hydrogen-bond acceptors (Lipinski definition) is 6. The van der Waals surface area contributed by atoms with Gasteiger partial charge in [-0.2, -0.15) is 0 Å². The Labute approximate surface area is 506 Å². The molecule has 0 bridgehead atoms. The molecule has 1 atom stereocenters. The summed E-state index contributed by atoms with van der Waals surface area (Å²) in [7, 11) is 0. The average Bonchev–Trinajstić information content (AvgIpc) is 3.47. The monoisotopic (exact) mass is 1140 g/mol. The van der Waals surface area contributed by atoms with Gasteiger partial charge in [-0.25, -0.2) is 0 Å². The molecule has 0 aliphatic rings. The molecule has 0 saturated heterocycles. The number of carbonyl (C=O) groups is 3. The molecular formula is C75H142O6. The van der Waals surface area contributed by atoms with Gasteiger partial charge < -0.3 is 14.2 Å². The van der Waals surface area contributed by atoms with Crippen LogP contribution in [0.2, 0.25) is 0 Å². The first-order valence-corrected chi connectivity index (χ1v) is 36.8. The number of ether oxygens (including phenoxy) is 3. The summed E-state index contributed by atoms with van der Waals surface area (Å²) in [5, 5.41) is 0. The summed E-state index contributed by atoms with van der Waals surface area (Å²) in [6.45, 7) is 6.64. The Kier molecular flexibility index (Phi) is 68.5. The predicted molar refractivity (Wildman–Crippen MR) is 353 cm³/mol. The summed E-state index contributed by atoms with van der Waals surface area (Å²) >= 11 is 0. The molecule has 1 unspecified atom stereocenters. The summed E-state index contributed by atoms with van der Waals surface area (Å²) in [5.74, 6) is -0.860. The third-order valence-electron chi connectivity index (χ3n) is 16.9. The maximum atomic E-state index is 12.9. The van der Waals surface area contributed by atoms with Gasteiger partial charge in [-0.15, -0.1) is 0 Å². The summed E-state index contributed by atoms with van der Waals surface area (Å²) in [5.41, 5.74) is 0. The second kappa shape index (κ2) is 70.4. The molecule has 0 aromatic carbocycles. The molecule has 0 rings (SSSR count). The fraction of sp³-hybridized carbons (Fsp3) is 0.907. The molecule has 0 amide bonds. The number of unbranched alkanes of at least 4 members (excludes halogenated alkanes) is 54. The van der Waals surface area contributed by atoms with E-state index in [1.807, 2.05) is 0 Å². The molecule has 0 aliphatic heterocycles. The Bertz CT molecular complexity index is 1310. The highest BCUT2D eigenvalue weighted by molar-refractivity contribution is 5.71. The number of allylic oxidation sites excluding steroid dienone is 4. The second-order valence-electron chi connectivity index (χ2n) is 25.2. The van der Waals surface area contributed by atoms with Gasteiger partial charge in [-0.3, -0.25) is 14.4 Å². The van der Waals surface area contributed by atoms with E-state index < -0.39 is 6.10 Å². The predicted octanol–water partition coefficient (Wildman–Crippen LogP) is 25.3. The van der Waals surface area contributed by atoms with E-state index in [1.165, 1.54) is 308 Å². The van der Waals surface area contributed by atoms with Crippen molar-refractivity contribution in [1.29, 1.82) is 0 Å². The maximum Gasteiger partial charge on any atom is 0.306 e. The number of carbonyl (C=O) groups excluding carboxylic acids is 3. The third kappa shape index (κ3) is 68.6. The van der Waals surface area contributed by atoms with Gasteiger partial charge in [0.05, 0.1) is 0 Å². The first kappa shape index (κ1) is 78.9. The Morgan fingerprint density at radius 3 is 0.667 bits per heavy atom. The molecule has 0 saturated carbocycles. The lowest BCUT2D eigenvalue weighted by Crippen LogP contribution is -2.30. The normalized spacial score (nSPS) is 12.1. The molecule has 0 heterocycles. The Hall–Kier alpha value is -2.11. The highest BCUT2D eigenvalue weighted by atomic mass is 16.6. The molecule has 0 aliphatic carbocycles. The topological polar surface area (TPSA) is 78.9 Å². The van der Waals surface area contributed by atoms with Gasteiger partial charge >= 0.3 is 17.9 Å². The van der Waals surface area contributed by atoms with Crippen LogP contribution in [0.3, 0.4) is 0 Å². The van der Waals surface area contributed by atoms with Crippen molar-refractivity contribution in [2.24, 2.45) is 0 Å². The Balaban J connectivity index is 3.99. The van der Waals surface area contributed by atoms with Gasteiger partial charge in [0.1, 0.15) is 13.2 Å². The van der Waals surface area contributed by atoms with Crippen LogP contribution in [0.4, 0.5) is 0 Å². The standard InChI is InChI=1S/C75H142O6/c1-4-7-10-13-16-19-22-24-26-28-30-31-32-33-34-35-36-37-38-39-40-41-42-43-44-45-46-48-49-51-53-56-59-62-65-68-74(77)80-71-72(70-79-73(76)67-64-61-58-55-21-18-15-12-9-6-3)81-75(78)69-66-63-60-57-54-52-50-47-29-27-25-23-20-17-14-11-8-5-2/h12,15,27,29,72H,4-11,13-14,16-26,28,30-71H2,1-3H3/b15-12-,29-27-. The number of hydrogen-bond donors (Lipinski definition) is 0. The lowest BCUT2D eigenvalue weighted by atomic mass is 10.0. The van der Waals surface area contributed by atoms with Crippen LogP contribution in [0.5, 0.6) is 0 Å². The fourth-order valence-electron chi connectivity index (χ4n) is 11.4. The van der Waals surface area contributed by atoms with Gasteiger partial charge in [0.25, 0.3) is 0 Å². The van der Waals surface area contributed by atoms with Crippen LogP contribution in [0.25, 0.3) is 0 Å². The quantitative estimate of drug-likeness (QED) is 0.0261. The fourth-order valence-corrected chi connectivity index (χ4v) is 11.4. The average molecular weight is 1140 g/mol. The molecule has 0 fully saturated rings. The summed E-state index contributed by atoms with van der Waals surface area (Å²) in [6.07, 6.45) is 86.8. The SMILES string of the molecule is CCC/C=C\CCCCCCCC(=O)OCC(COC(=O)CCCCCCCCCCCCCCCCCCCCCCCCCCCCCCCCCCCCC)OC(=O)CCCCCCCCC/C=C\CCCCCCCCC. The molecule has 0 spiro atoms. The van der Waals surface area contributed by atoms with E-state index in [2.05, 4.69) is 45.1 Å². The molecule has 0 radical (unpaired) electrons. The molecule has 81 heavy (non-hydrogen) atoms. The van der Waals surface area contributed by atoms with Crippen molar-refractivity contribution in [3.63, 3.8) is 0 Å². The molecule has 0 aromatic heterocycles. The zero-order valence-corrected chi connectivity index (χ0v) is 55.1. The molecule has 0 aromatic rings. The van der Waals surface area contributed by atoms with Crippen LogP contribution in [0.1, 0.15) is 419 Å². The second-order valence-corrected chi connectivity index (χ2v) is 25.2. The van der Waals surface area contributed by atoms with Crippen LogP contribution >= 0.6 is 0 Å². The van der Waals surface area contributed by atoms with Gasteiger partial charge in [-0.1, -0.05) is 360 Å². The minimum atomic E-state index is -0.774. The van der Waals surface area contributed by atoms with E-state index in [4.69, 9.17) is 14.2 Å². The van der Waals surface area contributed by atoms with E-state index in [0.717, 1.165) is 70.6 Å². The Morgan fingerprint density at radius 2 is 0.432 bits per heavy atom. The molecule has 6 heteroatoms. The van der Waals surface area contributed by atoms with Crippen molar-refractivity contribution in [2.75, 3.05) is 13.2 Å². The van der Waals surface area contributed by atoms with Gasteiger partial charge in [-0.05, 0) is 64.2 Å². The zero-order chi connectivity index (χ0) is 58.5. The molecule has 6 nitrogen and oxygen atoms in total. The van der Waals surface area contributed by atoms with Crippen molar-refractivity contribution in [3.8, 4) is 0 Å². The van der Waals surface area contributed by atoms with Crippen LogP contribution < -0.4 is 0 Å². The largest absolute Gasteiger partial charge is 0.462 e. The third-order valence-corrected chi connectivity index (χ3v) is 16.9. The van der Waals surface area contributed by atoms with Crippen molar-refractivity contribution < 1.29 is 28.6 Å². The van der Waals surface area contributed by atoms with Crippen LogP contribution in [0, 0.1) is 0 Å². The van der Waals surface area contributed by atoms with Gasteiger partial charge in [0, 0.05) is 19.3 Å². The summed E-state index contributed by atoms with van der Waals surface area (Å²) in [6, 6.07) is 0.